The van der Waals surface area contributed by atoms with Crippen LogP contribution < -0.4 is 4.90 Å². The third kappa shape index (κ3) is 3.15. The number of nitrogens with zero attached hydrogens (tertiary/aromatic N) is 6. The third-order valence-corrected chi connectivity index (χ3v) is 6.52. The van der Waals surface area contributed by atoms with Gasteiger partial charge in [0.2, 0.25) is 5.89 Å². The van der Waals surface area contributed by atoms with E-state index in [9.17, 15) is 0 Å². The van der Waals surface area contributed by atoms with Gasteiger partial charge in [-0.15, -0.1) is 0 Å². The Bertz CT molecular complexity index is 1490. The summed E-state index contributed by atoms with van der Waals surface area (Å²) in [7, 11) is 0. The molecule has 0 fully saturated rings. The Balaban J connectivity index is 1.68. The molecule has 7 heterocycles. The fourth-order valence-corrected chi connectivity index (χ4v) is 5.13. The Morgan fingerprint density at radius 1 is 0.917 bits per heavy atom. The van der Waals surface area contributed by atoms with Crippen LogP contribution in [0.25, 0.3) is 22.4 Å². The lowest BCUT2D eigenvalue weighted by atomic mass is 9.83. The Hall–Kier alpha value is -4.97. The van der Waals surface area contributed by atoms with Crippen molar-refractivity contribution in [1.82, 2.24) is 39.7 Å². The second-order valence-corrected chi connectivity index (χ2v) is 8.56. The van der Waals surface area contributed by atoms with Gasteiger partial charge in [0.05, 0.1) is 28.9 Å². The van der Waals surface area contributed by atoms with E-state index in [0.29, 0.717) is 17.4 Å². The monoisotopic (exact) mass is 495 g/mol. The number of hydrogen-bond acceptors (Lipinski definition) is 9. The molecule has 0 saturated heterocycles. The topological polar surface area (TPSA) is 141 Å². The number of aromatic amines is 3. The molecule has 7 rings (SSSR count). The largest absolute Gasteiger partial charge is 0.445 e. The van der Waals surface area contributed by atoms with Crippen molar-refractivity contribution in [2.75, 3.05) is 4.90 Å². The van der Waals surface area contributed by atoms with Gasteiger partial charge in [0, 0.05) is 47.4 Å². The van der Waals surface area contributed by atoms with Crippen molar-refractivity contribution in [1.29, 1.82) is 0 Å². The number of hydrogen-bond donors (Lipinski definition) is 3. The van der Waals surface area contributed by atoms with Gasteiger partial charge < -0.3 is 23.8 Å². The number of allylic oxidation sites excluding steroid dienone is 2. The van der Waals surface area contributed by atoms with Crippen LogP contribution in [0.15, 0.2) is 88.2 Å². The van der Waals surface area contributed by atoms with Gasteiger partial charge in [0.1, 0.15) is 35.9 Å². The number of oxazole rings is 1. The van der Waals surface area contributed by atoms with E-state index in [2.05, 4.69) is 40.2 Å². The summed E-state index contributed by atoms with van der Waals surface area (Å²) in [6.45, 7) is 0. The van der Waals surface area contributed by atoms with Crippen molar-refractivity contribution < 1.29 is 8.94 Å². The SMILES string of the molecule is c1c[nH]c(N2C(c3ccon3)=C(c3ccsn3)C(c3ccn[nH]3)=C(c3ncco3)C2c2ncc[nH]2)c1. The fourth-order valence-electron chi connectivity index (χ4n) is 4.62. The average Bonchev–Trinajstić information content (AvgIpc) is 3.78. The van der Waals surface area contributed by atoms with Crippen LogP contribution in [0.4, 0.5) is 5.82 Å². The molecule has 3 N–H and O–H groups in total. The van der Waals surface area contributed by atoms with Crippen LogP contribution in [0.5, 0.6) is 0 Å². The molecule has 1 aliphatic rings. The molecule has 0 radical (unpaired) electrons. The molecule has 6 aromatic rings. The van der Waals surface area contributed by atoms with E-state index in [1.807, 2.05) is 41.9 Å². The fraction of sp³-hybridized carbons (Fsp3) is 0.0417. The number of nitrogens with one attached hydrogen (secondary N) is 3. The van der Waals surface area contributed by atoms with E-state index in [0.717, 1.165) is 39.6 Å². The Morgan fingerprint density at radius 2 is 1.92 bits per heavy atom. The standard InChI is InChI=1S/C24H17N9O2S/c1-2-17(25-6-1)33-21(16-4-11-35-31-16)19(15-5-13-36-32-15)18(14-3-7-29-30-14)20(24-28-10-12-34-24)22(33)23-26-8-9-27-23/h1-13,22,25H,(H,26,27)(H,29,30). The highest BCUT2D eigenvalue weighted by Gasteiger charge is 2.43. The summed E-state index contributed by atoms with van der Waals surface area (Å²) in [5.74, 6) is 1.95. The molecule has 0 bridgehead atoms. The van der Waals surface area contributed by atoms with Gasteiger partial charge in [-0.25, -0.2) is 9.97 Å². The van der Waals surface area contributed by atoms with E-state index in [1.165, 1.54) is 11.5 Å². The second-order valence-electron chi connectivity index (χ2n) is 7.89. The molecular formula is C24H17N9O2S. The summed E-state index contributed by atoms with van der Waals surface area (Å²) in [6, 6.07) is 9.17. The van der Waals surface area contributed by atoms with Crippen LogP contribution >= 0.6 is 11.5 Å². The molecule has 0 amide bonds. The first-order chi connectivity index (χ1) is 17.9. The normalized spacial score (nSPS) is 16.3. The lowest BCUT2D eigenvalue weighted by Crippen LogP contribution is -2.34. The molecule has 1 atom stereocenters. The van der Waals surface area contributed by atoms with Crippen molar-refractivity contribution in [3.05, 3.63) is 108 Å². The zero-order chi connectivity index (χ0) is 23.9. The van der Waals surface area contributed by atoms with Crippen molar-refractivity contribution >= 4 is 39.8 Å². The first-order valence-electron chi connectivity index (χ1n) is 11.0. The summed E-state index contributed by atoms with van der Waals surface area (Å²) >= 11 is 1.37. The lowest BCUT2D eigenvalue weighted by Gasteiger charge is -2.39. The minimum absolute atomic E-state index is 0.449. The summed E-state index contributed by atoms with van der Waals surface area (Å²) in [6.07, 6.45) is 11.8. The van der Waals surface area contributed by atoms with E-state index >= 15 is 0 Å². The predicted molar refractivity (Wildman–Crippen MR) is 132 cm³/mol. The smallest absolute Gasteiger partial charge is 0.225 e. The molecular weight excluding hydrogens is 478 g/mol. The van der Waals surface area contributed by atoms with Gasteiger partial charge in [0.15, 0.2) is 0 Å². The molecule has 0 saturated carbocycles. The summed E-state index contributed by atoms with van der Waals surface area (Å²) in [5, 5.41) is 13.7. The van der Waals surface area contributed by atoms with Crippen molar-refractivity contribution in [2.45, 2.75) is 6.04 Å². The van der Waals surface area contributed by atoms with E-state index < -0.39 is 6.04 Å². The molecule has 11 nitrogen and oxygen atoms in total. The molecule has 36 heavy (non-hydrogen) atoms. The quantitative estimate of drug-likeness (QED) is 0.304. The number of H-pyrrole nitrogens is 3. The number of rotatable bonds is 6. The zero-order valence-corrected chi connectivity index (χ0v) is 19.3. The lowest BCUT2D eigenvalue weighted by molar-refractivity contribution is 0.417. The molecule has 0 spiro atoms. The highest BCUT2D eigenvalue weighted by Crippen LogP contribution is 2.54. The summed E-state index contributed by atoms with van der Waals surface area (Å²) in [4.78, 5) is 18.0. The van der Waals surface area contributed by atoms with Crippen LogP contribution in [0, 0.1) is 0 Å². The molecule has 1 aliphatic heterocycles. The number of anilines is 1. The summed E-state index contributed by atoms with van der Waals surface area (Å²) in [5.41, 5.74) is 5.37. The minimum atomic E-state index is -0.482. The molecule has 0 aromatic carbocycles. The first kappa shape index (κ1) is 20.4. The first-order valence-corrected chi connectivity index (χ1v) is 11.9. The van der Waals surface area contributed by atoms with Gasteiger partial charge in [-0.2, -0.15) is 9.47 Å². The highest BCUT2D eigenvalue weighted by atomic mass is 32.1. The number of aromatic nitrogens is 8. The van der Waals surface area contributed by atoms with Gasteiger partial charge >= 0.3 is 0 Å². The van der Waals surface area contributed by atoms with Crippen LogP contribution in [-0.4, -0.2) is 39.7 Å². The maximum atomic E-state index is 5.93. The van der Waals surface area contributed by atoms with Crippen molar-refractivity contribution in [3.8, 4) is 0 Å². The minimum Gasteiger partial charge on any atom is -0.445 e. The average molecular weight is 496 g/mol. The molecule has 176 valence electrons. The van der Waals surface area contributed by atoms with Crippen LogP contribution in [0.1, 0.15) is 34.8 Å². The van der Waals surface area contributed by atoms with Crippen LogP contribution in [0.3, 0.4) is 0 Å². The predicted octanol–water partition coefficient (Wildman–Crippen LogP) is 4.63. The van der Waals surface area contributed by atoms with Crippen LogP contribution in [-0.2, 0) is 0 Å². The maximum Gasteiger partial charge on any atom is 0.225 e. The Kier molecular flexibility index (Phi) is 4.74. The maximum absolute atomic E-state index is 5.93. The van der Waals surface area contributed by atoms with Gasteiger partial charge in [-0.05, 0) is 35.8 Å². The number of imidazole rings is 1. The molecule has 1 unspecified atom stereocenters. The van der Waals surface area contributed by atoms with Crippen molar-refractivity contribution in [2.24, 2.45) is 0 Å². The molecule has 12 heteroatoms. The highest BCUT2D eigenvalue weighted by molar-refractivity contribution is 7.03. The van der Waals surface area contributed by atoms with E-state index in [4.69, 9.17) is 13.3 Å². The molecule has 6 aromatic heterocycles. The van der Waals surface area contributed by atoms with E-state index in [1.54, 1.807) is 37.3 Å². The van der Waals surface area contributed by atoms with Gasteiger partial charge in [-0.3, -0.25) is 5.10 Å². The Morgan fingerprint density at radius 3 is 2.58 bits per heavy atom. The Labute approximate surface area is 207 Å². The van der Waals surface area contributed by atoms with Crippen molar-refractivity contribution in [3.63, 3.8) is 0 Å². The second kappa shape index (κ2) is 8.36. The zero-order valence-electron chi connectivity index (χ0n) is 18.5. The van der Waals surface area contributed by atoms with E-state index in [-0.39, 0.29) is 0 Å². The summed E-state index contributed by atoms with van der Waals surface area (Å²) < 4.78 is 16.0. The van der Waals surface area contributed by atoms with Gasteiger partial charge in [-0.1, -0.05) is 5.16 Å². The third-order valence-electron chi connectivity index (χ3n) is 5.96. The van der Waals surface area contributed by atoms with Gasteiger partial charge in [0.25, 0.3) is 0 Å². The van der Waals surface area contributed by atoms with Crippen LogP contribution in [0.2, 0.25) is 0 Å². The molecule has 0 aliphatic carbocycles.